The molecule has 1 N–H and O–H groups in total. The van der Waals surface area contributed by atoms with E-state index in [1.165, 1.54) is 5.56 Å². The number of benzene rings is 2. The summed E-state index contributed by atoms with van der Waals surface area (Å²) in [5.41, 5.74) is 4.08. The number of carbonyl (C=O) groups excluding carboxylic acids is 1. The van der Waals surface area contributed by atoms with E-state index in [0.29, 0.717) is 11.7 Å². The monoisotopic (exact) mass is 395 g/mol. The summed E-state index contributed by atoms with van der Waals surface area (Å²) in [4.78, 5) is 20.6. The van der Waals surface area contributed by atoms with Crippen LogP contribution in [0, 0.1) is 0 Å². The SMILES string of the molecule is CC(C)c1ccc(NC(=O)Oc2ccc3c(c2)[C@]2(C)CCN(C)OC2N3C)cc1. The van der Waals surface area contributed by atoms with Crippen LogP contribution in [0.15, 0.2) is 42.5 Å². The van der Waals surface area contributed by atoms with Gasteiger partial charge in [0.1, 0.15) is 5.75 Å². The zero-order chi connectivity index (χ0) is 20.8. The van der Waals surface area contributed by atoms with E-state index in [4.69, 9.17) is 9.57 Å². The predicted molar refractivity (Wildman–Crippen MR) is 114 cm³/mol. The van der Waals surface area contributed by atoms with Crippen molar-refractivity contribution in [3.63, 3.8) is 0 Å². The van der Waals surface area contributed by atoms with E-state index in [0.717, 1.165) is 29.9 Å². The molecule has 0 saturated carbocycles. The van der Waals surface area contributed by atoms with Crippen molar-refractivity contribution in [1.82, 2.24) is 5.06 Å². The Morgan fingerprint density at radius 2 is 1.93 bits per heavy atom. The van der Waals surface area contributed by atoms with Gasteiger partial charge in [-0.15, -0.1) is 0 Å². The van der Waals surface area contributed by atoms with E-state index >= 15 is 0 Å². The molecule has 0 bridgehead atoms. The van der Waals surface area contributed by atoms with Crippen LogP contribution in [0.25, 0.3) is 0 Å². The second-order valence-electron chi connectivity index (χ2n) is 8.56. The standard InChI is InChI=1S/C23H29N3O3/c1-15(2)16-6-8-17(9-7-16)24-22(27)28-18-10-11-20-19(14-18)23(3)12-13-25(4)29-21(23)26(20)5/h6-11,14-15,21H,12-13H2,1-5H3,(H,24,27)/t21?,23-/m0/s1. The van der Waals surface area contributed by atoms with E-state index < -0.39 is 6.09 Å². The average Bonchev–Trinajstić information content (AvgIpc) is 2.90. The number of nitrogens with one attached hydrogen (secondary N) is 1. The number of anilines is 2. The molecule has 0 aromatic heterocycles. The van der Waals surface area contributed by atoms with E-state index in [1.54, 1.807) is 0 Å². The number of ether oxygens (including phenoxy) is 1. The molecule has 1 saturated heterocycles. The summed E-state index contributed by atoms with van der Waals surface area (Å²) in [6, 6.07) is 13.6. The highest BCUT2D eigenvalue weighted by atomic mass is 16.7. The second kappa shape index (κ2) is 7.35. The van der Waals surface area contributed by atoms with Crippen LogP contribution in [-0.4, -0.2) is 38.0 Å². The number of likely N-dealkylation sites (N-methyl/N-ethyl adjacent to an activating group) is 1. The van der Waals surface area contributed by atoms with E-state index in [9.17, 15) is 4.79 Å². The van der Waals surface area contributed by atoms with Crippen molar-refractivity contribution in [3.8, 4) is 5.75 Å². The molecule has 29 heavy (non-hydrogen) atoms. The third-order valence-electron chi connectivity index (χ3n) is 6.12. The highest BCUT2D eigenvalue weighted by molar-refractivity contribution is 5.86. The summed E-state index contributed by atoms with van der Waals surface area (Å²) >= 11 is 0. The summed E-state index contributed by atoms with van der Waals surface area (Å²) in [5, 5.41) is 4.69. The van der Waals surface area contributed by atoms with Crippen LogP contribution in [0.3, 0.4) is 0 Å². The molecular weight excluding hydrogens is 366 g/mol. The first-order valence-electron chi connectivity index (χ1n) is 10.1. The van der Waals surface area contributed by atoms with Crippen LogP contribution in [0.4, 0.5) is 16.2 Å². The maximum atomic E-state index is 12.4. The molecule has 2 aromatic carbocycles. The van der Waals surface area contributed by atoms with Gasteiger partial charge in [0.15, 0.2) is 6.23 Å². The minimum atomic E-state index is -0.491. The highest BCUT2D eigenvalue weighted by Gasteiger charge is 2.50. The molecule has 2 aromatic rings. The number of rotatable bonds is 3. The van der Waals surface area contributed by atoms with Gasteiger partial charge in [-0.2, -0.15) is 5.06 Å². The van der Waals surface area contributed by atoms with Crippen molar-refractivity contribution < 1.29 is 14.4 Å². The van der Waals surface area contributed by atoms with E-state index in [2.05, 4.69) is 31.0 Å². The van der Waals surface area contributed by atoms with Gasteiger partial charge in [0.2, 0.25) is 0 Å². The molecule has 6 nitrogen and oxygen atoms in total. The Labute approximate surface area is 172 Å². The lowest BCUT2D eigenvalue weighted by atomic mass is 9.79. The van der Waals surface area contributed by atoms with Crippen LogP contribution in [0.1, 0.15) is 44.2 Å². The third-order valence-corrected chi connectivity index (χ3v) is 6.12. The Morgan fingerprint density at radius 1 is 1.21 bits per heavy atom. The van der Waals surface area contributed by atoms with Gasteiger partial charge in [-0.3, -0.25) is 10.2 Å². The number of fused-ring (bicyclic) bond motifs is 3. The zero-order valence-electron chi connectivity index (χ0n) is 17.7. The largest absolute Gasteiger partial charge is 0.417 e. The number of hydrogen-bond donors (Lipinski definition) is 1. The molecule has 1 amide bonds. The van der Waals surface area contributed by atoms with Crippen molar-refractivity contribution in [2.45, 2.75) is 44.8 Å². The van der Waals surface area contributed by atoms with Crippen LogP contribution in [0.2, 0.25) is 0 Å². The van der Waals surface area contributed by atoms with E-state index in [1.807, 2.05) is 61.6 Å². The minimum absolute atomic E-state index is 0.0557. The molecule has 2 heterocycles. The fraction of sp³-hybridized carbons (Fsp3) is 0.435. The van der Waals surface area contributed by atoms with Gasteiger partial charge in [0.25, 0.3) is 0 Å². The number of amides is 1. The Hall–Kier alpha value is -2.57. The third kappa shape index (κ3) is 3.58. The lowest BCUT2D eigenvalue weighted by Gasteiger charge is -2.42. The summed E-state index contributed by atoms with van der Waals surface area (Å²) in [6.45, 7) is 7.36. The van der Waals surface area contributed by atoms with Crippen molar-refractivity contribution in [2.24, 2.45) is 0 Å². The topological polar surface area (TPSA) is 54.0 Å². The quantitative estimate of drug-likeness (QED) is 0.815. The Balaban J connectivity index is 1.49. The first kappa shape index (κ1) is 19.7. The summed E-state index contributed by atoms with van der Waals surface area (Å²) in [6.07, 6.45) is 0.429. The first-order chi connectivity index (χ1) is 13.8. The van der Waals surface area contributed by atoms with Gasteiger partial charge in [-0.25, -0.2) is 4.79 Å². The molecule has 0 spiro atoms. The van der Waals surface area contributed by atoms with Crippen molar-refractivity contribution in [1.29, 1.82) is 0 Å². The van der Waals surface area contributed by atoms with Crippen molar-refractivity contribution in [3.05, 3.63) is 53.6 Å². The molecule has 1 fully saturated rings. The summed E-state index contributed by atoms with van der Waals surface area (Å²) < 4.78 is 5.58. The van der Waals surface area contributed by atoms with Crippen LogP contribution in [-0.2, 0) is 10.3 Å². The Kier molecular flexibility index (Phi) is 5.00. The second-order valence-corrected chi connectivity index (χ2v) is 8.56. The smallest absolute Gasteiger partial charge is 0.410 e. The summed E-state index contributed by atoms with van der Waals surface area (Å²) in [5.74, 6) is 0.989. The lowest BCUT2D eigenvalue weighted by Crippen LogP contribution is -2.52. The van der Waals surface area contributed by atoms with Crippen LogP contribution >= 0.6 is 0 Å². The van der Waals surface area contributed by atoms with Crippen molar-refractivity contribution >= 4 is 17.5 Å². The number of nitrogens with zero attached hydrogens (tertiary/aromatic N) is 2. The highest BCUT2D eigenvalue weighted by Crippen LogP contribution is 2.50. The van der Waals surface area contributed by atoms with Gasteiger partial charge in [0, 0.05) is 37.4 Å². The number of hydroxylamine groups is 2. The van der Waals surface area contributed by atoms with Gasteiger partial charge in [-0.05, 0) is 53.8 Å². The number of carbonyl (C=O) groups is 1. The normalized spacial score (nSPS) is 23.7. The fourth-order valence-electron chi connectivity index (χ4n) is 4.29. The molecule has 154 valence electrons. The molecule has 4 rings (SSSR count). The van der Waals surface area contributed by atoms with Crippen LogP contribution in [0.5, 0.6) is 5.75 Å². The maximum Gasteiger partial charge on any atom is 0.417 e. The Morgan fingerprint density at radius 3 is 2.62 bits per heavy atom. The fourth-order valence-corrected chi connectivity index (χ4v) is 4.29. The molecule has 2 aliphatic rings. The van der Waals surface area contributed by atoms with Gasteiger partial charge in [-0.1, -0.05) is 32.9 Å². The molecule has 6 heteroatoms. The van der Waals surface area contributed by atoms with E-state index in [-0.39, 0.29) is 11.6 Å². The summed E-state index contributed by atoms with van der Waals surface area (Å²) in [7, 11) is 4.00. The lowest BCUT2D eigenvalue weighted by molar-refractivity contribution is -0.226. The molecule has 0 radical (unpaired) electrons. The van der Waals surface area contributed by atoms with Gasteiger partial charge >= 0.3 is 6.09 Å². The first-order valence-corrected chi connectivity index (χ1v) is 10.1. The van der Waals surface area contributed by atoms with Gasteiger partial charge < -0.3 is 9.64 Å². The average molecular weight is 396 g/mol. The minimum Gasteiger partial charge on any atom is -0.410 e. The number of hydrogen-bond acceptors (Lipinski definition) is 5. The molecular formula is C23H29N3O3. The van der Waals surface area contributed by atoms with Crippen molar-refractivity contribution in [2.75, 3.05) is 30.9 Å². The molecule has 2 aliphatic heterocycles. The maximum absolute atomic E-state index is 12.4. The zero-order valence-corrected chi connectivity index (χ0v) is 17.7. The molecule has 1 unspecified atom stereocenters. The van der Waals surface area contributed by atoms with Gasteiger partial charge in [0.05, 0.1) is 0 Å². The predicted octanol–water partition coefficient (Wildman–Crippen LogP) is 4.72. The Bertz CT molecular complexity index is 912. The molecule has 0 aliphatic carbocycles. The van der Waals surface area contributed by atoms with Crippen LogP contribution < -0.4 is 15.0 Å². The molecule has 2 atom stereocenters.